The van der Waals surface area contributed by atoms with Crippen LogP contribution in [0.2, 0.25) is 0 Å². The molecular weight excluding hydrogens is 376 g/mol. The van der Waals surface area contributed by atoms with Gasteiger partial charge in [-0.1, -0.05) is 30.3 Å². The molecule has 3 heterocycles. The van der Waals surface area contributed by atoms with E-state index in [0.29, 0.717) is 36.9 Å². The van der Waals surface area contributed by atoms with Crippen LogP contribution in [0.25, 0.3) is 0 Å². The summed E-state index contributed by atoms with van der Waals surface area (Å²) in [6.45, 7) is 4.29. The molecule has 7 heteroatoms. The Morgan fingerprint density at radius 2 is 1.96 bits per heavy atom. The highest BCUT2D eigenvalue weighted by Gasteiger charge is 2.38. The molecule has 0 spiro atoms. The molecule has 1 unspecified atom stereocenters. The zero-order valence-corrected chi connectivity index (χ0v) is 16.7. The summed E-state index contributed by atoms with van der Waals surface area (Å²) in [4.78, 5) is 29.6. The van der Waals surface area contributed by atoms with Crippen molar-refractivity contribution in [1.29, 1.82) is 0 Å². The molecule has 148 valence electrons. The van der Waals surface area contributed by atoms with E-state index in [9.17, 15) is 9.59 Å². The van der Waals surface area contributed by atoms with E-state index in [4.69, 9.17) is 9.47 Å². The van der Waals surface area contributed by atoms with Crippen molar-refractivity contribution in [2.75, 3.05) is 26.2 Å². The molecule has 0 saturated carbocycles. The topological polar surface area (TPSA) is 59.1 Å². The largest absolute Gasteiger partial charge is 0.492 e. The zero-order valence-electron chi connectivity index (χ0n) is 15.9. The number of carbonyl (C=O) groups excluding carboxylic acids is 2. The summed E-state index contributed by atoms with van der Waals surface area (Å²) in [7, 11) is 0. The summed E-state index contributed by atoms with van der Waals surface area (Å²) >= 11 is 1.41. The number of benzene rings is 1. The number of hydrogen-bond donors (Lipinski definition) is 0. The van der Waals surface area contributed by atoms with E-state index in [1.54, 1.807) is 0 Å². The third-order valence-electron chi connectivity index (χ3n) is 5.33. The van der Waals surface area contributed by atoms with Crippen molar-refractivity contribution in [2.45, 2.75) is 31.9 Å². The van der Waals surface area contributed by atoms with Gasteiger partial charge in [-0.25, -0.2) is 4.79 Å². The van der Waals surface area contributed by atoms with Gasteiger partial charge in [0, 0.05) is 19.1 Å². The molecule has 2 amide bonds. The van der Waals surface area contributed by atoms with Crippen molar-refractivity contribution in [3.05, 3.63) is 52.2 Å². The lowest BCUT2D eigenvalue weighted by Gasteiger charge is -2.35. The van der Waals surface area contributed by atoms with Crippen LogP contribution in [0.3, 0.4) is 0 Å². The summed E-state index contributed by atoms with van der Waals surface area (Å²) in [6.07, 6.45) is 1.05. The van der Waals surface area contributed by atoms with Crippen molar-refractivity contribution in [3.8, 4) is 5.75 Å². The molecule has 6 nitrogen and oxygen atoms in total. The van der Waals surface area contributed by atoms with Gasteiger partial charge in [0.2, 0.25) is 0 Å². The molecule has 2 saturated heterocycles. The van der Waals surface area contributed by atoms with Gasteiger partial charge in [0.1, 0.15) is 16.7 Å². The standard InChI is InChI=1S/C21H24N2O4S/c1-2-26-17-10-13-28-19(17)20(24)22-11-8-16(9-12-22)23-14-18(27-21(23)25)15-6-4-3-5-7-15/h3-7,10,13,16,18H,2,8-9,11-12,14H2,1H3. The first-order chi connectivity index (χ1) is 13.7. The van der Waals surface area contributed by atoms with E-state index in [1.165, 1.54) is 11.3 Å². The normalized spacial score (nSPS) is 20.3. The number of hydrogen-bond acceptors (Lipinski definition) is 5. The molecule has 2 aliphatic heterocycles. The fraction of sp³-hybridized carbons (Fsp3) is 0.429. The van der Waals surface area contributed by atoms with Gasteiger partial charge in [0.15, 0.2) is 0 Å². The number of thiophene rings is 1. The minimum absolute atomic E-state index is 0.0167. The summed E-state index contributed by atoms with van der Waals surface area (Å²) in [5.74, 6) is 0.677. The van der Waals surface area contributed by atoms with Crippen LogP contribution in [0.4, 0.5) is 4.79 Å². The average Bonchev–Trinajstić information content (AvgIpc) is 3.35. The molecule has 2 fully saturated rings. The van der Waals surface area contributed by atoms with Crippen LogP contribution < -0.4 is 4.74 Å². The number of rotatable bonds is 5. The second kappa shape index (κ2) is 8.22. The Morgan fingerprint density at radius 3 is 2.68 bits per heavy atom. The Balaban J connectivity index is 1.36. The van der Waals surface area contributed by atoms with E-state index < -0.39 is 0 Å². The number of carbonyl (C=O) groups is 2. The van der Waals surface area contributed by atoms with Crippen LogP contribution in [-0.4, -0.2) is 54.1 Å². The molecule has 2 aromatic rings. The lowest BCUT2D eigenvalue weighted by atomic mass is 10.0. The molecular formula is C21H24N2O4S. The SMILES string of the molecule is CCOc1ccsc1C(=O)N1CCC(N2CC(c3ccccc3)OC2=O)CC1. The highest BCUT2D eigenvalue weighted by atomic mass is 32.1. The number of piperidine rings is 1. The van der Waals surface area contributed by atoms with Crippen molar-refractivity contribution in [3.63, 3.8) is 0 Å². The maximum Gasteiger partial charge on any atom is 0.410 e. The molecule has 0 N–H and O–H groups in total. The second-order valence-electron chi connectivity index (χ2n) is 7.01. The van der Waals surface area contributed by atoms with Gasteiger partial charge in [0.05, 0.1) is 13.2 Å². The van der Waals surface area contributed by atoms with E-state index in [0.717, 1.165) is 18.4 Å². The van der Waals surface area contributed by atoms with Gasteiger partial charge in [-0.15, -0.1) is 11.3 Å². The highest BCUT2D eigenvalue weighted by Crippen LogP contribution is 2.32. The quantitative estimate of drug-likeness (QED) is 0.763. The lowest BCUT2D eigenvalue weighted by Crippen LogP contribution is -2.47. The Bertz CT molecular complexity index is 830. The average molecular weight is 401 g/mol. The first kappa shape index (κ1) is 18.8. The Morgan fingerprint density at radius 1 is 1.21 bits per heavy atom. The highest BCUT2D eigenvalue weighted by molar-refractivity contribution is 7.12. The smallest absolute Gasteiger partial charge is 0.410 e. The minimum Gasteiger partial charge on any atom is -0.492 e. The molecule has 1 aromatic carbocycles. The predicted molar refractivity (Wildman–Crippen MR) is 107 cm³/mol. The van der Waals surface area contributed by atoms with E-state index in [1.807, 2.05) is 58.5 Å². The van der Waals surface area contributed by atoms with Crippen molar-refractivity contribution < 1.29 is 19.1 Å². The number of cyclic esters (lactones) is 1. The van der Waals surface area contributed by atoms with Gasteiger partial charge in [-0.3, -0.25) is 4.79 Å². The van der Waals surface area contributed by atoms with Gasteiger partial charge in [-0.2, -0.15) is 0 Å². The van der Waals surface area contributed by atoms with Crippen LogP contribution in [0.15, 0.2) is 41.8 Å². The molecule has 28 heavy (non-hydrogen) atoms. The Hall–Kier alpha value is -2.54. The molecule has 1 atom stereocenters. The third kappa shape index (κ3) is 3.71. The number of likely N-dealkylation sites (tertiary alicyclic amines) is 1. The third-order valence-corrected chi connectivity index (χ3v) is 6.21. The second-order valence-corrected chi connectivity index (χ2v) is 7.92. The van der Waals surface area contributed by atoms with Gasteiger partial charge in [-0.05, 0) is 36.8 Å². The van der Waals surface area contributed by atoms with Crippen molar-refractivity contribution in [2.24, 2.45) is 0 Å². The Kier molecular flexibility index (Phi) is 5.52. The molecule has 4 rings (SSSR count). The van der Waals surface area contributed by atoms with Gasteiger partial charge < -0.3 is 19.3 Å². The summed E-state index contributed by atoms with van der Waals surface area (Å²) in [5, 5.41) is 1.88. The summed E-state index contributed by atoms with van der Waals surface area (Å²) < 4.78 is 11.1. The zero-order chi connectivity index (χ0) is 19.5. The van der Waals surface area contributed by atoms with Crippen LogP contribution in [0.5, 0.6) is 5.75 Å². The maximum absolute atomic E-state index is 12.8. The van der Waals surface area contributed by atoms with Crippen LogP contribution in [0.1, 0.15) is 41.1 Å². The maximum atomic E-state index is 12.8. The van der Waals surface area contributed by atoms with Crippen LogP contribution in [0, 0.1) is 0 Å². The van der Waals surface area contributed by atoms with Crippen molar-refractivity contribution >= 4 is 23.3 Å². The Labute approximate surface area is 168 Å². The fourth-order valence-electron chi connectivity index (χ4n) is 3.87. The molecule has 0 aliphatic carbocycles. The van der Waals surface area contributed by atoms with Gasteiger partial charge in [0.25, 0.3) is 5.91 Å². The minimum atomic E-state index is -0.254. The van der Waals surface area contributed by atoms with Crippen molar-refractivity contribution in [1.82, 2.24) is 9.80 Å². The summed E-state index contributed by atoms with van der Waals surface area (Å²) in [5.41, 5.74) is 1.02. The number of nitrogens with zero attached hydrogens (tertiary/aromatic N) is 2. The van der Waals surface area contributed by atoms with E-state index >= 15 is 0 Å². The first-order valence-electron chi connectivity index (χ1n) is 9.69. The van der Waals surface area contributed by atoms with E-state index in [2.05, 4.69) is 0 Å². The predicted octanol–water partition coefficient (Wildman–Crippen LogP) is 3.94. The molecule has 2 aliphatic rings. The monoisotopic (exact) mass is 400 g/mol. The summed E-state index contributed by atoms with van der Waals surface area (Å²) in [6, 6.07) is 11.8. The molecule has 0 bridgehead atoms. The first-order valence-corrected chi connectivity index (χ1v) is 10.6. The number of ether oxygens (including phenoxy) is 2. The van der Waals surface area contributed by atoms with E-state index in [-0.39, 0.29) is 24.1 Å². The van der Waals surface area contributed by atoms with Crippen LogP contribution >= 0.6 is 11.3 Å². The number of amides is 2. The fourth-order valence-corrected chi connectivity index (χ4v) is 4.67. The lowest BCUT2D eigenvalue weighted by molar-refractivity contribution is 0.0660. The molecule has 0 radical (unpaired) electrons. The van der Waals surface area contributed by atoms with Gasteiger partial charge >= 0.3 is 6.09 Å². The van der Waals surface area contributed by atoms with Crippen LogP contribution in [-0.2, 0) is 4.74 Å². The molecule has 1 aromatic heterocycles.